The van der Waals surface area contributed by atoms with E-state index in [9.17, 15) is 4.79 Å². The molecule has 1 rings (SSSR count). The number of rotatable bonds is 2. The van der Waals surface area contributed by atoms with Crippen molar-refractivity contribution in [2.75, 3.05) is 7.05 Å². The van der Waals surface area contributed by atoms with Crippen molar-refractivity contribution >= 4 is 48.0 Å². The second-order valence-electron chi connectivity index (χ2n) is 2.31. The molecule has 0 saturated carbocycles. The monoisotopic (exact) mass is 311 g/mol. The zero-order chi connectivity index (χ0) is 9.14. The Morgan fingerprint density at radius 2 is 2.33 bits per heavy atom. The molecule has 1 aromatic heterocycles. The lowest BCUT2D eigenvalue weighted by Gasteiger charge is -2.10. The van der Waals surface area contributed by atoms with Crippen LogP contribution in [0.1, 0.15) is 4.88 Å². The van der Waals surface area contributed by atoms with Gasteiger partial charge in [0.2, 0.25) is 0 Å². The number of hydrogen-bond acceptors (Lipinski definition) is 2. The SMILES string of the molecule is CN(Cc1ccc(Br)s1)C(=O)Br. The summed E-state index contributed by atoms with van der Waals surface area (Å²) in [6.07, 6.45) is 0. The van der Waals surface area contributed by atoms with Gasteiger partial charge in [-0.1, -0.05) is 0 Å². The van der Waals surface area contributed by atoms with Crippen LogP contribution in [0.25, 0.3) is 0 Å². The Morgan fingerprint density at radius 3 is 2.75 bits per heavy atom. The van der Waals surface area contributed by atoms with E-state index in [1.165, 1.54) is 0 Å². The van der Waals surface area contributed by atoms with Crippen LogP contribution >= 0.6 is 43.2 Å². The summed E-state index contributed by atoms with van der Waals surface area (Å²) >= 11 is 7.88. The van der Waals surface area contributed by atoms with Crippen molar-refractivity contribution in [3.63, 3.8) is 0 Å². The van der Waals surface area contributed by atoms with Gasteiger partial charge in [-0.15, -0.1) is 11.3 Å². The van der Waals surface area contributed by atoms with Gasteiger partial charge in [-0.2, -0.15) is 0 Å². The Bertz CT molecular complexity index is 287. The fourth-order valence-corrected chi connectivity index (χ4v) is 2.39. The minimum Gasteiger partial charge on any atom is -0.331 e. The number of hydrogen-bond donors (Lipinski definition) is 0. The molecular formula is C7H7Br2NOS. The smallest absolute Gasteiger partial charge is 0.289 e. The van der Waals surface area contributed by atoms with Gasteiger partial charge in [-0.3, -0.25) is 4.79 Å². The lowest BCUT2D eigenvalue weighted by molar-refractivity contribution is 0.233. The molecule has 0 aliphatic rings. The Hall–Kier alpha value is 0.130. The third kappa shape index (κ3) is 2.88. The molecule has 0 radical (unpaired) electrons. The van der Waals surface area contributed by atoms with Crippen LogP contribution in [0, 0.1) is 0 Å². The van der Waals surface area contributed by atoms with Crippen LogP contribution in [-0.2, 0) is 6.54 Å². The third-order valence-electron chi connectivity index (χ3n) is 1.32. The van der Waals surface area contributed by atoms with Crippen molar-refractivity contribution in [1.82, 2.24) is 4.90 Å². The van der Waals surface area contributed by atoms with Crippen LogP contribution in [0.3, 0.4) is 0 Å². The molecule has 0 unspecified atom stereocenters. The van der Waals surface area contributed by atoms with Crippen LogP contribution < -0.4 is 0 Å². The average Bonchev–Trinajstić information content (AvgIpc) is 2.35. The van der Waals surface area contributed by atoms with E-state index in [2.05, 4.69) is 31.9 Å². The van der Waals surface area contributed by atoms with Crippen molar-refractivity contribution in [1.29, 1.82) is 0 Å². The summed E-state index contributed by atoms with van der Waals surface area (Å²) in [7, 11) is 1.75. The minimum atomic E-state index is -0.0907. The molecule has 0 bridgehead atoms. The second kappa shape index (κ2) is 4.39. The van der Waals surface area contributed by atoms with Crippen LogP contribution in [0.15, 0.2) is 15.9 Å². The molecule has 1 amide bonds. The number of thiophene rings is 1. The quantitative estimate of drug-likeness (QED) is 0.605. The second-order valence-corrected chi connectivity index (χ2v) is 5.54. The maximum atomic E-state index is 10.8. The van der Waals surface area contributed by atoms with Gasteiger partial charge in [0.05, 0.1) is 10.3 Å². The summed E-state index contributed by atoms with van der Waals surface area (Å²) in [5, 5.41) is 0. The van der Waals surface area contributed by atoms with Gasteiger partial charge in [-0.25, -0.2) is 0 Å². The minimum absolute atomic E-state index is 0.0907. The Morgan fingerprint density at radius 1 is 1.67 bits per heavy atom. The average molecular weight is 313 g/mol. The zero-order valence-electron chi connectivity index (χ0n) is 6.38. The van der Waals surface area contributed by atoms with Gasteiger partial charge >= 0.3 is 0 Å². The maximum Gasteiger partial charge on any atom is 0.289 e. The lowest BCUT2D eigenvalue weighted by atomic mass is 10.4. The molecule has 0 aliphatic carbocycles. The topological polar surface area (TPSA) is 20.3 Å². The number of carbonyl (C=O) groups is 1. The van der Waals surface area contributed by atoms with Crippen molar-refractivity contribution in [2.24, 2.45) is 0 Å². The predicted molar refractivity (Wildman–Crippen MR) is 57.8 cm³/mol. The molecule has 0 saturated heterocycles. The van der Waals surface area contributed by atoms with E-state index >= 15 is 0 Å². The molecule has 5 heteroatoms. The van der Waals surface area contributed by atoms with E-state index in [1.54, 1.807) is 23.3 Å². The summed E-state index contributed by atoms with van der Waals surface area (Å²) in [4.78, 5) is 13.5. The van der Waals surface area contributed by atoms with Gasteiger partial charge in [0, 0.05) is 27.9 Å². The van der Waals surface area contributed by atoms with Crippen LogP contribution in [0.2, 0.25) is 0 Å². The Balaban J connectivity index is 2.58. The highest BCUT2D eigenvalue weighted by Crippen LogP contribution is 2.23. The van der Waals surface area contributed by atoms with E-state index in [-0.39, 0.29) is 4.82 Å². The normalized spacial score (nSPS) is 9.92. The number of carbonyl (C=O) groups excluding carboxylic acids is 1. The van der Waals surface area contributed by atoms with Gasteiger partial charge in [0.1, 0.15) is 0 Å². The Labute approximate surface area is 91.8 Å². The zero-order valence-corrected chi connectivity index (χ0v) is 10.4. The number of halogens is 2. The fraction of sp³-hybridized carbons (Fsp3) is 0.286. The van der Waals surface area contributed by atoms with E-state index in [4.69, 9.17) is 0 Å². The number of amides is 1. The first-order valence-corrected chi connectivity index (χ1v) is 5.64. The predicted octanol–water partition coefficient (Wildman–Crippen LogP) is 3.46. The van der Waals surface area contributed by atoms with Crippen molar-refractivity contribution in [2.45, 2.75) is 6.54 Å². The maximum absolute atomic E-state index is 10.8. The van der Waals surface area contributed by atoms with E-state index in [0.29, 0.717) is 6.54 Å². The molecule has 1 heterocycles. The molecule has 0 N–H and O–H groups in total. The molecule has 0 aliphatic heterocycles. The largest absolute Gasteiger partial charge is 0.331 e. The first-order chi connectivity index (χ1) is 5.59. The summed E-state index contributed by atoms with van der Waals surface area (Å²) in [5.74, 6) is 0. The van der Waals surface area contributed by atoms with Gasteiger partial charge in [0.15, 0.2) is 0 Å². The van der Waals surface area contributed by atoms with Gasteiger partial charge in [0.25, 0.3) is 4.82 Å². The molecule has 0 atom stereocenters. The molecule has 12 heavy (non-hydrogen) atoms. The summed E-state index contributed by atoms with van der Waals surface area (Å²) in [6.45, 7) is 0.653. The standard InChI is InChI=1S/C7H7Br2NOS/c1-10(7(9)11)4-5-2-3-6(8)12-5/h2-3H,4H2,1H3. The molecule has 1 aromatic rings. The summed E-state index contributed by atoms with van der Waals surface area (Å²) < 4.78 is 1.09. The highest BCUT2D eigenvalue weighted by molar-refractivity contribution is 9.18. The summed E-state index contributed by atoms with van der Waals surface area (Å²) in [6, 6.07) is 3.98. The molecule has 66 valence electrons. The molecular weight excluding hydrogens is 306 g/mol. The lowest BCUT2D eigenvalue weighted by Crippen LogP contribution is -2.18. The fourth-order valence-electron chi connectivity index (χ4n) is 0.733. The third-order valence-corrected chi connectivity index (χ3v) is 3.54. The molecule has 0 fully saturated rings. The van der Waals surface area contributed by atoms with Gasteiger partial charge in [-0.05, 0) is 28.1 Å². The van der Waals surface area contributed by atoms with Gasteiger partial charge < -0.3 is 4.90 Å². The highest BCUT2D eigenvalue weighted by Gasteiger charge is 2.05. The molecule has 0 spiro atoms. The van der Waals surface area contributed by atoms with Crippen molar-refractivity contribution in [3.05, 3.63) is 20.8 Å². The Kier molecular flexibility index (Phi) is 3.74. The van der Waals surface area contributed by atoms with E-state index in [1.807, 2.05) is 12.1 Å². The number of nitrogens with zero attached hydrogens (tertiary/aromatic N) is 1. The van der Waals surface area contributed by atoms with Crippen LogP contribution in [0.5, 0.6) is 0 Å². The molecule has 2 nitrogen and oxygen atoms in total. The van der Waals surface area contributed by atoms with E-state index < -0.39 is 0 Å². The van der Waals surface area contributed by atoms with Crippen molar-refractivity contribution < 1.29 is 4.79 Å². The van der Waals surface area contributed by atoms with Crippen LogP contribution in [-0.4, -0.2) is 16.8 Å². The van der Waals surface area contributed by atoms with Crippen LogP contribution in [0.4, 0.5) is 4.79 Å². The highest BCUT2D eigenvalue weighted by atomic mass is 79.9. The van der Waals surface area contributed by atoms with E-state index in [0.717, 1.165) is 8.66 Å². The van der Waals surface area contributed by atoms with Crippen molar-refractivity contribution in [3.8, 4) is 0 Å². The first-order valence-electron chi connectivity index (χ1n) is 3.24. The first kappa shape index (κ1) is 10.2. The molecule has 0 aromatic carbocycles. The summed E-state index contributed by atoms with van der Waals surface area (Å²) in [5.41, 5.74) is 0.